The van der Waals surface area contributed by atoms with E-state index in [4.69, 9.17) is 9.73 Å². The van der Waals surface area contributed by atoms with Gasteiger partial charge in [0.2, 0.25) is 11.8 Å². The molecule has 1 unspecified atom stereocenters. The molecule has 0 fully saturated rings. The third-order valence-corrected chi connectivity index (χ3v) is 5.79. The van der Waals surface area contributed by atoms with Crippen LogP contribution in [0.1, 0.15) is 17.0 Å². The quantitative estimate of drug-likeness (QED) is 0.521. The predicted molar refractivity (Wildman–Crippen MR) is 135 cm³/mol. The van der Waals surface area contributed by atoms with Gasteiger partial charge in [-0.25, -0.2) is 4.39 Å². The molecule has 180 valence electrons. The van der Waals surface area contributed by atoms with Crippen molar-refractivity contribution in [2.45, 2.75) is 5.92 Å². The highest BCUT2D eigenvalue weighted by atomic mass is 19.1. The molecule has 0 spiro atoms. The lowest BCUT2D eigenvalue weighted by molar-refractivity contribution is -0.119. The lowest BCUT2D eigenvalue weighted by Crippen LogP contribution is -2.35. The second-order valence-corrected chi connectivity index (χ2v) is 8.56. The van der Waals surface area contributed by atoms with E-state index in [1.54, 1.807) is 41.1 Å². The Balaban J connectivity index is 1.78. The van der Waals surface area contributed by atoms with E-state index >= 15 is 0 Å². The fraction of sp³-hybridized carbons (Fsp3) is 0.222. The van der Waals surface area contributed by atoms with Gasteiger partial charge in [-0.3, -0.25) is 14.6 Å². The van der Waals surface area contributed by atoms with Crippen molar-refractivity contribution >= 4 is 34.6 Å². The largest absolute Gasteiger partial charge is 0.494 e. The number of aliphatic imine (C=N–C) groups is 1. The summed E-state index contributed by atoms with van der Waals surface area (Å²) in [6.07, 6.45) is 0. The van der Waals surface area contributed by atoms with Crippen molar-refractivity contribution < 1.29 is 18.7 Å². The van der Waals surface area contributed by atoms with Crippen LogP contribution in [0.5, 0.6) is 5.75 Å². The second-order valence-electron chi connectivity index (χ2n) is 8.56. The fourth-order valence-electron chi connectivity index (χ4n) is 4.07. The number of carbonyl (C=O) groups is 2. The minimum Gasteiger partial charge on any atom is -0.494 e. The van der Waals surface area contributed by atoms with Crippen molar-refractivity contribution in [3.63, 3.8) is 0 Å². The molecule has 7 nitrogen and oxygen atoms in total. The van der Waals surface area contributed by atoms with Gasteiger partial charge in [0.05, 0.1) is 30.7 Å². The maximum Gasteiger partial charge on any atom is 0.240 e. The maximum absolute atomic E-state index is 13.8. The lowest BCUT2D eigenvalue weighted by atomic mass is 9.90. The molecule has 0 bridgehead atoms. The highest BCUT2D eigenvalue weighted by Gasteiger charge is 2.35. The number of methoxy groups -OCH3 is 1. The molecule has 8 heteroatoms. The van der Waals surface area contributed by atoms with Crippen molar-refractivity contribution in [1.29, 1.82) is 0 Å². The minimum absolute atomic E-state index is 0.0824. The average molecular weight is 475 g/mol. The molecule has 0 saturated carbocycles. The van der Waals surface area contributed by atoms with E-state index in [1.165, 1.54) is 19.2 Å². The molecule has 1 atom stereocenters. The Labute approximate surface area is 203 Å². The molecular weight excluding hydrogens is 447 g/mol. The van der Waals surface area contributed by atoms with Gasteiger partial charge < -0.3 is 19.9 Å². The molecule has 0 aliphatic carbocycles. The van der Waals surface area contributed by atoms with E-state index in [0.29, 0.717) is 34.1 Å². The number of halogens is 1. The summed E-state index contributed by atoms with van der Waals surface area (Å²) in [4.78, 5) is 33.7. The number of fused-ring (bicyclic) bond motifs is 1. The summed E-state index contributed by atoms with van der Waals surface area (Å²) >= 11 is 0. The Kier molecular flexibility index (Phi) is 6.93. The highest BCUT2D eigenvalue weighted by molar-refractivity contribution is 6.24. The fourth-order valence-corrected chi connectivity index (χ4v) is 4.07. The summed E-state index contributed by atoms with van der Waals surface area (Å²) in [7, 11) is 6.89. The molecule has 4 rings (SSSR count). The van der Waals surface area contributed by atoms with Crippen LogP contribution in [0.25, 0.3) is 0 Å². The van der Waals surface area contributed by atoms with Crippen LogP contribution >= 0.6 is 0 Å². The predicted octanol–water partition coefficient (Wildman–Crippen LogP) is 4.22. The molecule has 0 aromatic heterocycles. The van der Waals surface area contributed by atoms with Crippen molar-refractivity contribution in [3.05, 3.63) is 83.7 Å². The monoisotopic (exact) mass is 474 g/mol. The average Bonchev–Trinajstić information content (AvgIpc) is 3.16. The van der Waals surface area contributed by atoms with E-state index in [-0.39, 0.29) is 18.4 Å². The molecule has 0 radical (unpaired) electrons. The van der Waals surface area contributed by atoms with Gasteiger partial charge in [-0.1, -0.05) is 36.4 Å². The Hall–Kier alpha value is -4.04. The molecule has 1 aliphatic heterocycles. The first kappa shape index (κ1) is 24.1. The van der Waals surface area contributed by atoms with Crippen LogP contribution < -0.4 is 15.0 Å². The van der Waals surface area contributed by atoms with Crippen LogP contribution in [0.4, 0.5) is 21.5 Å². The standard InChI is InChI=1S/C27H27FN4O3/c1-31(2)16-24(33)32(3)22-13-11-19(15-23(22)35-4)29-26(17-8-6-5-7-9-17)25-20-12-10-18(28)14-21(20)30-27(25)34/h5-15,25H,16H2,1-4H3,(H,30,34). The first-order valence-corrected chi connectivity index (χ1v) is 11.1. The molecule has 3 aromatic carbocycles. The van der Waals surface area contributed by atoms with Crippen molar-refractivity contribution in [2.24, 2.45) is 4.99 Å². The second kappa shape index (κ2) is 10.1. The Bertz CT molecular complexity index is 1290. The molecule has 3 aromatic rings. The topological polar surface area (TPSA) is 74.2 Å². The van der Waals surface area contributed by atoms with Gasteiger partial charge in [0.15, 0.2) is 0 Å². The van der Waals surface area contributed by atoms with Crippen LogP contribution in [-0.2, 0) is 9.59 Å². The molecule has 1 heterocycles. The number of nitrogens with zero attached hydrogens (tertiary/aromatic N) is 3. The number of carbonyl (C=O) groups excluding carboxylic acids is 2. The number of nitrogens with one attached hydrogen (secondary N) is 1. The summed E-state index contributed by atoms with van der Waals surface area (Å²) in [5.74, 6) is -1.00. The first-order chi connectivity index (χ1) is 16.8. The van der Waals surface area contributed by atoms with Gasteiger partial charge in [-0.15, -0.1) is 0 Å². The van der Waals surface area contributed by atoms with E-state index in [0.717, 1.165) is 5.56 Å². The Morgan fingerprint density at radius 3 is 2.49 bits per heavy atom. The number of rotatable bonds is 7. The Morgan fingerprint density at radius 2 is 1.80 bits per heavy atom. The molecule has 1 aliphatic rings. The normalized spacial score (nSPS) is 15.1. The van der Waals surface area contributed by atoms with Crippen LogP contribution in [0.3, 0.4) is 0 Å². The van der Waals surface area contributed by atoms with Crippen LogP contribution in [0, 0.1) is 5.82 Å². The third kappa shape index (κ3) is 5.07. The summed E-state index contributed by atoms with van der Waals surface area (Å²) < 4.78 is 19.3. The number of hydrogen-bond acceptors (Lipinski definition) is 5. The van der Waals surface area contributed by atoms with Crippen molar-refractivity contribution in [1.82, 2.24) is 4.90 Å². The van der Waals surface area contributed by atoms with Gasteiger partial charge in [0.1, 0.15) is 17.5 Å². The smallest absolute Gasteiger partial charge is 0.240 e. The minimum atomic E-state index is -0.706. The number of likely N-dealkylation sites (N-methyl/N-ethyl adjacent to an activating group) is 2. The molecular formula is C27H27FN4O3. The number of ether oxygens (including phenoxy) is 1. The van der Waals surface area contributed by atoms with E-state index in [1.807, 2.05) is 44.4 Å². The van der Waals surface area contributed by atoms with Crippen molar-refractivity contribution in [2.75, 3.05) is 45.0 Å². The van der Waals surface area contributed by atoms with Crippen LogP contribution in [-0.4, -0.2) is 57.2 Å². The zero-order chi connectivity index (χ0) is 25.1. The zero-order valence-corrected chi connectivity index (χ0v) is 20.1. The molecule has 2 amide bonds. The molecule has 0 saturated heterocycles. The van der Waals surface area contributed by atoms with Gasteiger partial charge in [0, 0.05) is 18.8 Å². The molecule has 1 N–H and O–H groups in total. The SMILES string of the molecule is COc1cc(N=C(c2ccccc2)C2C(=O)Nc3cc(F)ccc32)ccc1N(C)C(=O)CN(C)C. The first-order valence-electron chi connectivity index (χ1n) is 11.1. The summed E-state index contributed by atoms with van der Waals surface area (Å²) in [5, 5.41) is 2.77. The number of anilines is 2. The van der Waals surface area contributed by atoms with Gasteiger partial charge in [-0.05, 0) is 49.5 Å². The van der Waals surface area contributed by atoms with Gasteiger partial charge >= 0.3 is 0 Å². The summed E-state index contributed by atoms with van der Waals surface area (Å²) in [6, 6.07) is 18.9. The van der Waals surface area contributed by atoms with Gasteiger partial charge in [-0.2, -0.15) is 0 Å². The lowest BCUT2D eigenvalue weighted by Gasteiger charge is -2.22. The maximum atomic E-state index is 13.8. The van der Waals surface area contributed by atoms with Crippen LogP contribution in [0.15, 0.2) is 71.7 Å². The number of amides is 2. The summed E-state index contributed by atoms with van der Waals surface area (Å²) in [5.41, 5.74) is 3.57. The molecule has 35 heavy (non-hydrogen) atoms. The Morgan fingerprint density at radius 1 is 1.06 bits per heavy atom. The zero-order valence-electron chi connectivity index (χ0n) is 20.1. The van der Waals surface area contributed by atoms with E-state index in [2.05, 4.69) is 5.32 Å². The van der Waals surface area contributed by atoms with E-state index < -0.39 is 11.7 Å². The third-order valence-electron chi connectivity index (χ3n) is 5.79. The van der Waals surface area contributed by atoms with Crippen LogP contribution in [0.2, 0.25) is 0 Å². The van der Waals surface area contributed by atoms with E-state index in [9.17, 15) is 14.0 Å². The summed E-state index contributed by atoms with van der Waals surface area (Å²) in [6.45, 7) is 0.258. The highest BCUT2D eigenvalue weighted by Crippen LogP contribution is 2.38. The van der Waals surface area contributed by atoms with Gasteiger partial charge in [0.25, 0.3) is 0 Å². The van der Waals surface area contributed by atoms with Crippen molar-refractivity contribution in [3.8, 4) is 5.75 Å². The number of hydrogen-bond donors (Lipinski definition) is 1. The number of benzene rings is 3.